The van der Waals surface area contributed by atoms with E-state index in [1.807, 2.05) is 24.4 Å². The fraction of sp³-hybridized carbons (Fsp3) is 0.200. The Kier molecular flexibility index (Phi) is 2.26. The van der Waals surface area contributed by atoms with Gasteiger partial charge >= 0.3 is 0 Å². The quantitative estimate of drug-likeness (QED) is 0.666. The zero-order valence-corrected chi connectivity index (χ0v) is 8.68. The first kappa shape index (κ1) is 8.97. The molecule has 0 aliphatic rings. The second-order valence-corrected chi connectivity index (χ2v) is 4.17. The first-order valence-corrected chi connectivity index (χ1v) is 5.34. The van der Waals surface area contributed by atoms with Crippen LogP contribution in [0.2, 0.25) is 5.02 Å². The molecule has 1 aromatic heterocycles. The molecule has 0 saturated heterocycles. The molecule has 0 fully saturated rings. The SMILES string of the molecule is CCc1c(Cl)cc2ccsc2c1F. The Morgan fingerprint density at radius 2 is 2.31 bits per heavy atom. The number of hydrogen-bond acceptors (Lipinski definition) is 1. The Bertz CT molecular complexity index is 447. The van der Waals surface area contributed by atoms with Gasteiger partial charge in [0.1, 0.15) is 5.82 Å². The Balaban J connectivity index is 2.85. The van der Waals surface area contributed by atoms with Gasteiger partial charge < -0.3 is 0 Å². The molecule has 2 aromatic rings. The third kappa shape index (κ3) is 1.34. The molecular weight excluding hydrogens is 207 g/mol. The van der Waals surface area contributed by atoms with Gasteiger partial charge in [0.05, 0.1) is 4.70 Å². The van der Waals surface area contributed by atoms with Crippen LogP contribution in [0.15, 0.2) is 17.5 Å². The molecule has 0 unspecified atom stereocenters. The summed E-state index contributed by atoms with van der Waals surface area (Å²) in [5.74, 6) is -0.153. The van der Waals surface area contributed by atoms with Crippen LogP contribution in [0.1, 0.15) is 12.5 Å². The van der Waals surface area contributed by atoms with Gasteiger partial charge in [-0.2, -0.15) is 0 Å². The molecule has 3 heteroatoms. The lowest BCUT2D eigenvalue weighted by Gasteiger charge is -2.03. The molecule has 0 bridgehead atoms. The number of rotatable bonds is 1. The molecule has 1 aromatic carbocycles. The van der Waals surface area contributed by atoms with Gasteiger partial charge in [-0.3, -0.25) is 0 Å². The van der Waals surface area contributed by atoms with Crippen LogP contribution in [0.25, 0.3) is 10.1 Å². The molecule has 0 N–H and O–H groups in total. The Morgan fingerprint density at radius 3 is 3.00 bits per heavy atom. The first-order chi connectivity index (χ1) is 6.24. The minimum atomic E-state index is -0.153. The molecule has 0 aliphatic heterocycles. The minimum absolute atomic E-state index is 0.153. The van der Waals surface area contributed by atoms with Crippen LogP contribution in [0.5, 0.6) is 0 Å². The van der Waals surface area contributed by atoms with Crippen LogP contribution in [0.4, 0.5) is 4.39 Å². The number of fused-ring (bicyclic) bond motifs is 1. The minimum Gasteiger partial charge on any atom is -0.205 e. The van der Waals surface area contributed by atoms with Gasteiger partial charge in [0, 0.05) is 10.6 Å². The molecular formula is C10H8ClFS. The summed E-state index contributed by atoms with van der Waals surface area (Å²) < 4.78 is 14.4. The molecule has 0 nitrogen and oxygen atoms in total. The smallest absolute Gasteiger partial charge is 0.145 e. The lowest BCUT2D eigenvalue weighted by molar-refractivity contribution is 0.626. The van der Waals surface area contributed by atoms with Gasteiger partial charge in [-0.25, -0.2) is 4.39 Å². The zero-order valence-electron chi connectivity index (χ0n) is 7.10. The van der Waals surface area contributed by atoms with Gasteiger partial charge in [-0.15, -0.1) is 11.3 Å². The van der Waals surface area contributed by atoms with Crippen molar-refractivity contribution >= 4 is 33.0 Å². The van der Waals surface area contributed by atoms with Crippen LogP contribution in [0.3, 0.4) is 0 Å². The molecule has 2 rings (SSSR count). The third-order valence-corrected chi connectivity index (χ3v) is 3.34. The van der Waals surface area contributed by atoms with Crippen LogP contribution >= 0.6 is 22.9 Å². The summed E-state index contributed by atoms with van der Waals surface area (Å²) in [4.78, 5) is 0. The van der Waals surface area contributed by atoms with Gasteiger partial charge in [-0.1, -0.05) is 18.5 Å². The number of hydrogen-bond donors (Lipinski definition) is 0. The predicted molar refractivity (Wildman–Crippen MR) is 56.2 cm³/mol. The average molecular weight is 215 g/mol. The van der Waals surface area contributed by atoms with Gasteiger partial charge in [-0.05, 0) is 29.3 Å². The Morgan fingerprint density at radius 1 is 1.54 bits per heavy atom. The molecule has 0 amide bonds. The second kappa shape index (κ2) is 3.28. The summed E-state index contributed by atoms with van der Waals surface area (Å²) in [5.41, 5.74) is 0.622. The fourth-order valence-corrected chi connectivity index (χ4v) is 2.58. The first-order valence-electron chi connectivity index (χ1n) is 4.08. The molecule has 68 valence electrons. The summed E-state index contributed by atoms with van der Waals surface area (Å²) >= 11 is 7.35. The largest absolute Gasteiger partial charge is 0.205 e. The molecule has 1 heterocycles. The summed E-state index contributed by atoms with van der Waals surface area (Å²) in [7, 11) is 0. The molecule has 0 aliphatic carbocycles. The lowest BCUT2D eigenvalue weighted by Crippen LogP contribution is -1.88. The maximum atomic E-state index is 13.7. The van der Waals surface area contributed by atoms with E-state index in [9.17, 15) is 4.39 Å². The Hall–Kier alpha value is -0.600. The van der Waals surface area contributed by atoms with Crippen molar-refractivity contribution in [2.24, 2.45) is 0 Å². The van der Waals surface area contributed by atoms with E-state index in [-0.39, 0.29) is 5.82 Å². The summed E-state index contributed by atoms with van der Waals surface area (Å²) in [6.45, 7) is 1.91. The van der Waals surface area contributed by atoms with Crippen LogP contribution in [-0.4, -0.2) is 0 Å². The maximum absolute atomic E-state index is 13.7. The summed E-state index contributed by atoms with van der Waals surface area (Å²) in [6, 6.07) is 3.71. The highest BCUT2D eigenvalue weighted by atomic mass is 35.5. The van der Waals surface area contributed by atoms with E-state index in [1.54, 1.807) is 0 Å². The lowest BCUT2D eigenvalue weighted by atomic mass is 10.1. The van der Waals surface area contributed by atoms with Crippen molar-refractivity contribution in [3.63, 3.8) is 0 Å². The van der Waals surface area contributed by atoms with Crippen LogP contribution in [-0.2, 0) is 6.42 Å². The monoisotopic (exact) mass is 214 g/mol. The topological polar surface area (TPSA) is 0 Å². The van der Waals surface area contributed by atoms with E-state index >= 15 is 0 Å². The van der Waals surface area contributed by atoms with Crippen molar-refractivity contribution in [3.8, 4) is 0 Å². The van der Waals surface area contributed by atoms with Crippen molar-refractivity contribution in [1.29, 1.82) is 0 Å². The Labute approximate surface area is 85.0 Å². The van der Waals surface area contributed by atoms with E-state index in [2.05, 4.69) is 0 Å². The normalized spacial score (nSPS) is 11.0. The van der Waals surface area contributed by atoms with Crippen LogP contribution < -0.4 is 0 Å². The summed E-state index contributed by atoms with van der Waals surface area (Å²) in [6.07, 6.45) is 0.637. The highest BCUT2D eigenvalue weighted by Gasteiger charge is 2.11. The zero-order chi connectivity index (χ0) is 9.42. The average Bonchev–Trinajstić information content (AvgIpc) is 2.53. The van der Waals surface area contributed by atoms with Crippen molar-refractivity contribution in [2.75, 3.05) is 0 Å². The maximum Gasteiger partial charge on any atom is 0.145 e. The van der Waals surface area contributed by atoms with Gasteiger partial charge in [0.15, 0.2) is 0 Å². The van der Waals surface area contributed by atoms with Gasteiger partial charge in [0.25, 0.3) is 0 Å². The number of halogens is 2. The molecule has 0 saturated carbocycles. The predicted octanol–water partition coefficient (Wildman–Crippen LogP) is 4.26. The number of thiophene rings is 1. The highest BCUT2D eigenvalue weighted by molar-refractivity contribution is 7.17. The number of benzene rings is 1. The van der Waals surface area contributed by atoms with E-state index in [0.717, 1.165) is 5.39 Å². The highest BCUT2D eigenvalue weighted by Crippen LogP contribution is 2.31. The van der Waals surface area contributed by atoms with Crippen LogP contribution in [0, 0.1) is 5.82 Å². The van der Waals surface area contributed by atoms with Crippen molar-refractivity contribution in [3.05, 3.63) is 33.9 Å². The van der Waals surface area contributed by atoms with E-state index in [1.165, 1.54) is 11.3 Å². The summed E-state index contributed by atoms with van der Waals surface area (Å²) in [5, 5.41) is 3.30. The van der Waals surface area contributed by atoms with Gasteiger partial charge in [0.2, 0.25) is 0 Å². The second-order valence-electron chi connectivity index (χ2n) is 2.84. The molecule has 0 atom stereocenters. The molecule has 0 radical (unpaired) electrons. The fourth-order valence-electron chi connectivity index (χ4n) is 1.40. The van der Waals surface area contributed by atoms with Crippen molar-refractivity contribution in [2.45, 2.75) is 13.3 Å². The van der Waals surface area contributed by atoms with E-state index in [0.29, 0.717) is 21.7 Å². The standard InChI is InChI=1S/C10H8ClFS/c1-2-7-8(11)5-6-3-4-13-10(6)9(7)12/h3-5H,2H2,1H3. The van der Waals surface area contributed by atoms with Crippen molar-refractivity contribution in [1.82, 2.24) is 0 Å². The van der Waals surface area contributed by atoms with E-state index < -0.39 is 0 Å². The van der Waals surface area contributed by atoms with Crippen molar-refractivity contribution < 1.29 is 4.39 Å². The molecule has 13 heavy (non-hydrogen) atoms. The third-order valence-electron chi connectivity index (χ3n) is 2.08. The van der Waals surface area contributed by atoms with E-state index in [4.69, 9.17) is 11.6 Å². The molecule has 0 spiro atoms.